The Morgan fingerprint density at radius 3 is 2.50 bits per heavy atom. The maximum Gasteiger partial charge on any atom is 0.338 e. The quantitative estimate of drug-likeness (QED) is 0.643. The number of esters is 1. The van der Waals surface area contributed by atoms with Crippen LogP contribution in [-0.2, 0) is 16.0 Å². The number of carbonyl (C=O) groups is 2. The maximum absolute atomic E-state index is 12.0. The first-order chi connectivity index (χ1) is 10.6. The average Bonchev–Trinajstić information content (AvgIpc) is 2.89. The highest BCUT2D eigenvalue weighted by Gasteiger charge is 2.31. The number of hydrogen-bond acceptors (Lipinski definition) is 4. The van der Waals surface area contributed by atoms with Gasteiger partial charge < -0.3 is 4.74 Å². The van der Waals surface area contributed by atoms with Crippen LogP contribution in [0.25, 0.3) is 0 Å². The van der Waals surface area contributed by atoms with Crippen molar-refractivity contribution in [3.63, 3.8) is 0 Å². The minimum atomic E-state index is -0.558. The standard InChI is InChI=1S/C18H15NO3/c1-12(20)14-9-5-6-10-15(14)17-19-16(18(21)22-17)11-13-7-3-2-4-8-13/h2-10,16H,11H2,1H3. The molecule has 0 fully saturated rings. The van der Waals surface area contributed by atoms with E-state index >= 15 is 0 Å². The number of carbonyl (C=O) groups excluding carboxylic acids is 2. The van der Waals surface area contributed by atoms with Crippen LogP contribution in [-0.4, -0.2) is 23.7 Å². The number of ether oxygens (including phenoxy) is 1. The van der Waals surface area contributed by atoms with E-state index in [0.29, 0.717) is 17.5 Å². The SMILES string of the molecule is CC(=O)c1ccccc1C1=NC(Cc2ccccc2)C(=O)O1. The lowest BCUT2D eigenvalue weighted by atomic mass is 10.0. The molecule has 0 amide bonds. The number of cyclic esters (lactones) is 1. The van der Waals surface area contributed by atoms with Crippen LogP contribution < -0.4 is 0 Å². The summed E-state index contributed by atoms with van der Waals surface area (Å²) < 4.78 is 5.28. The van der Waals surface area contributed by atoms with Gasteiger partial charge in [-0.05, 0) is 18.6 Å². The molecule has 1 unspecified atom stereocenters. The molecule has 0 spiro atoms. The summed E-state index contributed by atoms with van der Waals surface area (Å²) in [5, 5.41) is 0. The molecule has 1 aliphatic rings. The molecule has 0 saturated heterocycles. The number of rotatable bonds is 4. The van der Waals surface area contributed by atoms with Gasteiger partial charge in [-0.25, -0.2) is 9.79 Å². The van der Waals surface area contributed by atoms with Crippen LogP contribution in [0.2, 0.25) is 0 Å². The zero-order valence-electron chi connectivity index (χ0n) is 12.2. The minimum absolute atomic E-state index is 0.0825. The van der Waals surface area contributed by atoms with Gasteiger partial charge in [0.25, 0.3) is 0 Å². The van der Waals surface area contributed by atoms with Crippen molar-refractivity contribution in [2.75, 3.05) is 0 Å². The van der Waals surface area contributed by atoms with E-state index in [2.05, 4.69) is 4.99 Å². The Hall–Kier alpha value is -2.75. The number of Topliss-reactive ketones (excluding diaryl/α,β-unsaturated/α-hetero) is 1. The van der Waals surface area contributed by atoms with Gasteiger partial charge in [0.05, 0.1) is 0 Å². The molecule has 22 heavy (non-hydrogen) atoms. The van der Waals surface area contributed by atoms with Crippen LogP contribution in [0.4, 0.5) is 0 Å². The highest BCUT2D eigenvalue weighted by Crippen LogP contribution is 2.20. The molecule has 0 aliphatic carbocycles. The number of hydrogen-bond donors (Lipinski definition) is 0. The van der Waals surface area contributed by atoms with E-state index in [9.17, 15) is 9.59 Å². The highest BCUT2D eigenvalue weighted by molar-refractivity contribution is 6.12. The minimum Gasteiger partial charge on any atom is -0.406 e. The van der Waals surface area contributed by atoms with Gasteiger partial charge in [-0.1, -0.05) is 48.5 Å². The molecular formula is C18H15NO3. The molecule has 4 heteroatoms. The van der Waals surface area contributed by atoms with E-state index in [1.165, 1.54) is 6.92 Å². The Labute approximate surface area is 128 Å². The normalized spacial score (nSPS) is 17.0. The third kappa shape index (κ3) is 2.81. The van der Waals surface area contributed by atoms with Crippen molar-refractivity contribution in [3.05, 3.63) is 71.3 Å². The lowest BCUT2D eigenvalue weighted by Gasteiger charge is -2.04. The van der Waals surface area contributed by atoms with Gasteiger partial charge in [-0.3, -0.25) is 4.79 Å². The molecule has 0 aromatic heterocycles. The lowest BCUT2D eigenvalue weighted by molar-refractivity contribution is -0.134. The van der Waals surface area contributed by atoms with Gasteiger partial charge in [0.2, 0.25) is 5.90 Å². The van der Waals surface area contributed by atoms with Crippen LogP contribution in [0.1, 0.15) is 28.4 Å². The second kappa shape index (κ2) is 5.93. The highest BCUT2D eigenvalue weighted by atomic mass is 16.6. The maximum atomic E-state index is 12.0. The Bertz CT molecular complexity index is 750. The molecular weight excluding hydrogens is 278 g/mol. The first-order valence-electron chi connectivity index (χ1n) is 7.09. The fourth-order valence-corrected chi connectivity index (χ4v) is 2.45. The van der Waals surface area contributed by atoms with Crippen LogP contribution in [0, 0.1) is 0 Å². The number of ketones is 1. The van der Waals surface area contributed by atoms with Crippen molar-refractivity contribution in [3.8, 4) is 0 Å². The topological polar surface area (TPSA) is 55.7 Å². The Morgan fingerprint density at radius 2 is 1.77 bits per heavy atom. The van der Waals surface area contributed by atoms with Gasteiger partial charge in [-0.2, -0.15) is 0 Å². The third-order valence-corrected chi connectivity index (χ3v) is 3.55. The molecule has 1 atom stereocenters. The summed E-state index contributed by atoms with van der Waals surface area (Å²) in [6.45, 7) is 1.48. The first kappa shape index (κ1) is 14.2. The molecule has 1 heterocycles. The summed E-state index contributed by atoms with van der Waals surface area (Å²) in [4.78, 5) is 28.1. The van der Waals surface area contributed by atoms with Crippen molar-refractivity contribution in [2.45, 2.75) is 19.4 Å². The third-order valence-electron chi connectivity index (χ3n) is 3.55. The molecule has 110 valence electrons. The zero-order chi connectivity index (χ0) is 15.5. The summed E-state index contributed by atoms with van der Waals surface area (Å²) in [6.07, 6.45) is 0.491. The summed E-state index contributed by atoms with van der Waals surface area (Å²) >= 11 is 0. The van der Waals surface area contributed by atoms with E-state index in [4.69, 9.17) is 4.74 Å². The van der Waals surface area contributed by atoms with Crippen LogP contribution in [0.3, 0.4) is 0 Å². The Balaban J connectivity index is 1.89. The van der Waals surface area contributed by atoms with E-state index in [-0.39, 0.29) is 17.7 Å². The van der Waals surface area contributed by atoms with Crippen molar-refractivity contribution >= 4 is 17.7 Å². The molecule has 2 aromatic carbocycles. The number of nitrogens with zero attached hydrogens (tertiary/aromatic N) is 1. The molecule has 0 radical (unpaired) electrons. The smallest absolute Gasteiger partial charge is 0.338 e. The fraction of sp³-hybridized carbons (Fsp3) is 0.167. The van der Waals surface area contributed by atoms with E-state index in [1.807, 2.05) is 30.3 Å². The van der Waals surface area contributed by atoms with Crippen molar-refractivity contribution < 1.29 is 14.3 Å². The molecule has 1 aliphatic heterocycles. The Kier molecular flexibility index (Phi) is 3.83. The van der Waals surface area contributed by atoms with Gasteiger partial charge >= 0.3 is 5.97 Å². The van der Waals surface area contributed by atoms with E-state index in [1.54, 1.807) is 24.3 Å². The molecule has 0 bridgehead atoms. The van der Waals surface area contributed by atoms with Crippen molar-refractivity contribution in [1.29, 1.82) is 0 Å². The van der Waals surface area contributed by atoms with Crippen LogP contribution >= 0.6 is 0 Å². The predicted octanol–water partition coefficient (Wildman–Crippen LogP) is 2.80. The Morgan fingerprint density at radius 1 is 1.09 bits per heavy atom. The summed E-state index contributed by atoms with van der Waals surface area (Å²) in [7, 11) is 0. The summed E-state index contributed by atoms with van der Waals surface area (Å²) in [6, 6.07) is 16.1. The van der Waals surface area contributed by atoms with Crippen LogP contribution in [0.15, 0.2) is 59.6 Å². The largest absolute Gasteiger partial charge is 0.406 e. The number of benzene rings is 2. The lowest BCUT2D eigenvalue weighted by Crippen LogP contribution is -2.18. The predicted molar refractivity (Wildman–Crippen MR) is 83.0 cm³/mol. The van der Waals surface area contributed by atoms with Gasteiger partial charge in [0.1, 0.15) is 0 Å². The number of aliphatic imine (C=N–C) groups is 1. The van der Waals surface area contributed by atoms with Crippen LogP contribution in [0.5, 0.6) is 0 Å². The first-order valence-corrected chi connectivity index (χ1v) is 7.09. The molecule has 3 rings (SSSR count). The van der Waals surface area contributed by atoms with E-state index in [0.717, 1.165) is 5.56 Å². The molecule has 4 nitrogen and oxygen atoms in total. The summed E-state index contributed by atoms with van der Waals surface area (Å²) in [5.74, 6) is -0.227. The van der Waals surface area contributed by atoms with Gasteiger partial charge in [-0.15, -0.1) is 0 Å². The second-order valence-corrected chi connectivity index (χ2v) is 5.16. The summed E-state index contributed by atoms with van der Waals surface area (Å²) in [5.41, 5.74) is 2.10. The van der Waals surface area contributed by atoms with Crippen molar-refractivity contribution in [1.82, 2.24) is 0 Å². The van der Waals surface area contributed by atoms with Gasteiger partial charge in [0.15, 0.2) is 11.8 Å². The molecule has 0 saturated carbocycles. The zero-order valence-corrected chi connectivity index (χ0v) is 12.2. The van der Waals surface area contributed by atoms with Gasteiger partial charge in [0, 0.05) is 17.5 Å². The average molecular weight is 293 g/mol. The monoisotopic (exact) mass is 293 g/mol. The second-order valence-electron chi connectivity index (χ2n) is 5.16. The van der Waals surface area contributed by atoms with E-state index < -0.39 is 6.04 Å². The van der Waals surface area contributed by atoms with Crippen molar-refractivity contribution in [2.24, 2.45) is 4.99 Å². The molecule has 2 aromatic rings. The fourth-order valence-electron chi connectivity index (χ4n) is 2.45. The molecule has 0 N–H and O–H groups in total.